The first kappa shape index (κ1) is 16.9. The Morgan fingerprint density at radius 2 is 1.81 bits per heavy atom. The Morgan fingerprint density at radius 3 is 2.38 bits per heavy atom. The van der Waals surface area contributed by atoms with Crippen LogP contribution in [0, 0.1) is 6.92 Å². The van der Waals surface area contributed by atoms with Crippen LogP contribution in [-0.2, 0) is 19.1 Å². The number of hydrogen-bond acceptors (Lipinski definition) is 5. The van der Waals surface area contributed by atoms with Crippen molar-refractivity contribution >= 4 is 17.5 Å². The van der Waals surface area contributed by atoms with Gasteiger partial charge in [-0.05, 0) is 24.6 Å². The number of hydrogen-bond donors (Lipinski definition) is 2. The third-order valence-corrected chi connectivity index (χ3v) is 2.76. The minimum absolute atomic E-state index is 0.0736. The SMILES string of the molecule is COc1ccc(C)cc1NC(=O)C(=O)NCC(OC)OC. The van der Waals surface area contributed by atoms with Gasteiger partial charge in [0.1, 0.15) is 5.75 Å². The number of carbonyl (C=O) groups is 2. The molecule has 1 aromatic carbocycles. The van der Waals surface area contributed by atoms with Crippen molar-refractivity contribution in [1.29, 1.82) is 0 Å². The zero-order valence-corrected chi connectivity index (χ0v) is 12.6. The minimum Gasteiger partial charge on any atom is -0.495 e. The highest BCUT2D eigenvalue weighted by Gasteiger charge is 2.17. The topological polar surface area (TPSA) is 85.9 Å². The van der Waals surface area contributed by atoms with E-state index in [0.29, 0.717) is 11.4 Å². The van der Waals surface area contributed by atoms with Crippen LogP contribution in [0.2, 0.25) is 0 Å². The molecule has 0 atom stereocenters. The summed E-state index contributed by atoms with van der Waals surface area (Å²) in [6.07, 6.45) is -0.602. The molecule has 0 saturated carbocycles. The Balaban J connectivity index is 2.64. The van der Waals surface area contributed by atoms with E-state index in [1.807, 2.05) is 13.0 Å². The molecule has 2 N–H and O–H groups in total. The predicted molar refractivity (Wildman–Crippen MR) is 77.2 cm³/mol. The summed E-state index contributed by atoms with van der Waals surface area (Å²) in [5, 5.41) is 4.92. The molecular weight excluding hydrogens is 276 g/mol. The fraction of sp³-hybridized carbons (Fsp3) is 0.429. The second kappa shape index (κ2) is 8.23. The number of ether oxygens (including phenoxy) is 3. The van der Waals surface area contributed by atoms with E-state index >= 15 is 0 Å². The van der Waals surface area contributed by atoms with Gasteiger partial charge in [-0.25, -0.2) is 0 Å². The quantitative estimate of drug-likeness (QED) is 0.595. The standard InChI is InChI=1S/C14H20N2O5/c1-9-5-6-11(19-2)10(7-9)16-14(18)13(17)15-8-12(20-3)21-4/h5-7,12H,8H2,1-4H3,(H,15,17)(H,16,18). The summed E-state index contributed by atoms with van der Waals surface area (Å²) in [7, 11) is 4.37. The highest BCUT2D eigenvalue weighted by Crippen LogP contribution is 2.24. The molecule has 0 bridgehead atoms. The van der Waals surface area contributed by atoms with Crippen molar-refractivity contribution in [2.45, 2.75) is 13.2 Å². The van der Waals surface area contributed by atoms with Crippen molar-refractivity contribution < 1.29 is 23.8 Å². The third-order valence-electron chi connectivity index (χ3n) is 2.76. The van der Waals surface area contributed by atoms with Crippen LogP contribution in [0.25, 0.3) is 0 Å². The van der Waals surface area contributed by atoms with Gasteiger partial charge in [-0.3, -0.25) is 9.59 Å². The van der Waals surface area contributed by atoms with Gasteiger partial charge in [0, 0.05) is 14.2 Å². The maximum absolute atomic E-state index is 11.8. The molecule has 0 aromatic heterocycles. The van der Waals surface area contributed by atoms with Gasteiger partial charge in [-0.2, -0.15) is 0 Å². The highest BCUT2D eigenvalue weighted by atomic mass is 16.7. The van der Waals surface area contributed by atoms with Crippen LogP contribution >= 0.6 is 0 Å². The number of amides is 2. The van der Waals surface area contributed by atoms with Crippen molar-refractivity contribution in [3.63, 3.8) is 0 Å². The van der Waals surface area contributed by atoms with Gasteiger partial charge < -0.3 is 24.8 Å². The summed E-state index contributed by atoms with van der Waals surface area (Å²) in [4.78, 5) is 23.5. The van der Waals surface area contributed by atoms with E-state index in [1.54, 1.807) is 12.1 Å². The molecule has 0 fully saturated rings. The van der Waals surface area contributed by atoms with Crippen LogP contribution < -0.4 is 15.4 Å². The van der Waals surface area contributed by atoms with E-state index in [-0.39, 0.29) is 6.54 Å². The smallest absolute Gasteiger partial charge is 0.313 e. The van der Waals surface area contributed by atoms with Crippen molar-refractivity contribution in [2.24, 2.45) is 0 Å². The van der Waals surface area contributed by atoms with E-state index < -0.39 is 18.1 Å². The predicted octanol–water partition coefficient (Wildman–Crippen LogP) is 0.677. The van der Waals surface area contributed by atoms with Crippen LogP contribution in [0.4, 0.5) is 5.69 Å². The minimum atomic E-state index is -0.787. The monoisotopic (exact) mass is 296 g/mol. The molecule has 1 rings (SSSR count). The molecule has 1 aromatic rings. The lowest BCUT2D eigenvalue weighted by Crippen LogP contribution is -2.40. The Kier molecular flexibility index (Phi) is 6.64. The van der Waals surface area contributed by atoms with Crippen LogP contribution in [0.5, 0.6) is 5.75 Å². The molecule has 0 spiro atoms. The number of aryl methyl sites for hydroxylation is 1. The Hall–Kier alpha value is -2.12. The lowest BCUT2D eigenvalue weighted by Gasteiger charge is -2.14. The van der Waals surface area contributed by atoms with Crippen LogP contribution in [0.15, 0.2) is 18.2 Å². The lowest BCUT2D eigenvalue weighted by atomic mass is 10.2. The van der Waals surface area contributed by atoms with E-state index in [4.69, 9.17) is 14.2 Å². The number of rotatable bonds is 6. The number of anilines is 1. The van der Waals surface area contributed by atoms with Gasteiger partial charge in [0.2, 0.25) is 0 Å². The Morgan fingerprint density at radius 1 is 1.14 bits per heavy atom. The van der Waals surface area contributed by atoms with E-state index in [0.717, 1.165) is 5.56 Å². The average Bonchev–Trinajstić information content (AvgIpc) is 2.48. The summed E-state index contributed by atoms with van der Waals surface area (Å²) in [5.74, 6) is -1.09. The number of carbonyl (C=O) groups excluding carboxylic acids is 2. The van der Waals surface area contributed by atoms with Gasteiger partial charge in [-0.1, -0.05) is 6.07 Å². The summed E-state index contributed by atoms with van der Waals surface area (Å²) >= 11 is 0. The third kappa shape index (κ3) is 5.05. The maximum atomic E-state index is 11.8. The summed E-state index contributed by atoms with van der Waals surface area (Å²) in [5.41, 5.74) is 1.37. The highest BCUT2D eigenvalue weighted by molar-refractivity contribution is 6.39. The molecule has 7 nitrogen and oxygen atoms in total. The summed E-state index contributed by atoms with van der Waals surface area (Å²) < 4.78 is 15.0. The Labute approximate surface area is 123 Å². The first-order valence-electron chi connectivity index (χ1n) is 6.31. The largest absolute Gasteiger partial charge is 0.495 e. The number of benzene rings is 1. The Bertz CT molecular complexity index is 500. The maximum Gasteiger partial charge on any atom is 0.313 e. The molecule has 116 valence electrons. The normalized spacial score (nSPS) is 10.3. The molecular formula is C14H20N2O5. The second-order valence-corrected chi connectivity index (χ2v) is 4.27. The van der Waals surface area contributed by atoms with Crippen LogP contribution in [0.1, 0.15) is 5.56 Å². The molecule has 21 heavy (non-hydrogen) atoms. The fourth-order valence-electron chi connectivity index (χ4n) is 1.62. The van der Waals surface area contributed by atoms with E-state index in [2.05, 4.69) is 10.6 Å². The van der Waals surface area contributed by atoms with Crippen molar-refractivity contribution in [1.82, 2.24) is 5.32 Å². The molecule has 0 aliphatic carbocycles. The zero-order valence-electron chi connectivity index (χ0n) is 12.6. The molecule has 0 unspecified atom stereocenters. The number of nitrogens with one attached hydrogen (secondary N) is 2. The first-order valence-corrected chi connectivity index (χ1v) is 6.31. The van der Waals surface area contributed by atoms with Gasteiger partial charge in [0.25, 0.3) is 0 Å². The fourth-order valence-corrected chi connectivity index (χ4v) is 1.62. The first-order chi connectivity index (χ1) is 10.0. The average molecular weight is 296 g/mol. The van der Waals surface area contributed by atoms with Crippen LogP contribution in [0.3, 0.4) is 0 Å². The van der Waals surface area contributed by atoms with Crippen molar-refractivity contribution in [3.8, 4) is 5.75 Å². The van der Waals surface area contributed by atoms with Gasteiger partial charge in [0.05, 0.1) is 19.3 Å². The van der Waals surface area contributed by atoms with Gasteiger partial charge >= 0.3 is 11.8 Å². The molecule has 0 saturated heterocycles. The lowest BCUT2D eigenvalue weighted by molar-refractivity contribution is -0.139. The molecule has 7 heteroatoms. The summed E-state index contributed by atoms with van der Waals surface area (Å²) in [6, 6.07) is 5.28. The molecule has 0 aliphatic heterocycles. The van der Waals surface area contributed by atoms with Gasteiger partial charge in [0.15, 0.2) is 6.29 Å². The number of methoxy groups -OCH3 is 3. The van der Waals surface area contributed by atoms with Crippen molar-refractivity contribution in [3.05, 3.63) is 23.8 Å². The van der Waals surface area contributed by atoms with Gasteiger partial charge in [-0.15, -0.1) is 0 Å². The molecule has 0 heterocycles. The molecule has 0 aliphatic rings. The second-order valence-electron chi connectivity index (χ2n) is 4.27. The molecule has 0 radical (unpaired) electrons. The molecule has 2 amide bonds. The van der Waals surface area contributed by atoms with E-state index in [9.17, 15) is 9.59 Å². The van der Waals surface area contributed by atoms with E-state index in [1.165, 1.54) is 21.3 Å². The zero-order chi connectivity index (χ0) is 15.8. The van der Waals surface area contributed by atoms with Crippen molar-refractivity contribution in [2.75, 3.05) is 33.2 Å². The van der Waals surface area contributed by atoms with Crippen LogP contribution in [-0.4, -0.2) is 46.0 Å². The summed E-state index contributed by atoms with van der Waals surface area (Å²) in [6.45, 7) is 1.95.